The molecule has 1 nitrogen and oxygen atoms in total. The largest absolute Gasteiger partial charge is 0.308 e. The third-order valence-electron chi connectivity index (χ3n) is 3.04. The summed E-state index contributed by atoms with van der Waals surface area (Å²) in [4.78, 5) is 1.49. The van der Waals surface area contributed by atoms with E-state index < -0.39 is 0 Å². The summed E-state index contributed by atoms with van der Waals surface area (Å²) >= 11 is 1.86. The SMILES string of the molecule is CCC1(C)CNC1c1cccs1. The summed E-state index contributed by atoms with van der Waals surface area (Å²) in [5, 5.41) is 5.66. The Morgan fingerprint density at radius 3 is 3.00 bits per heavy atom. The van der Waals surface area contributed by atoms with Crippen molar-refractivity contribution in [3.8, 4) is 0 Å². The van der Waals surface area contributed by atoms with Gasteiger partial charge in [-0.3, -0.25) is 0 Å². The minimum Gasteiger partial charge on any atom is -0.308 e. The molecule has 1 aromatic heterocycles. The Bertz CT molecular complexity index is 251. The molecule has 0 amide bonds. The van der Waals surface area contributed by atoms with E-state index in [0.717, 1.165) is 0 Å². The molecule has 12 heavy (non-hydrogen) atoms. The Labute approximate surface area is 77.8 Å². The third-order valence-corrected chi connectivity index (χ3v) is 3.98. The molecule has 2 rings (SSSR count). The molecule has 1 saturated heterocycles. The molecule has 2 atom stereocenters. The van der Waals surface area contributed by atoms with Crippen molar-refractivity contribution in [2.45, 2.75) is 26.3 Å². The zero-order valence-corrected chi connectivity index (χ0v) is 8.45. The van der Waals surface area contributed by atoms with Gasteiger partial charge in [0.25, 0.3) is 0 Å². The maximum Gasteiger partial charge on any atom is 0.0481 e. The van der Waals surface area contributed by atoms with E-state index in [1.807, 2.05) is 11.3 Å². The van der Waals surface area contributed by atoms with E-state index in [9.17, 15) is 0 Å². The minimum absolute atomic E-state index is 0.505. The molecule has 0 radical (unpaired) electrons. The quantitative estimate of drug-likeness (QED) is 0.739. The lowest BCUT2D eigenvalue weighted by atomic mass is 9.72. The Balaban J connectivity index is 2.17. The van der Waals surface area contributed by atoms with Gasteiger partial charge in [0.05, 0.1) is 0 Å². The maximum atomic E-state index is 3.50. The van der Waals surface area contributed by atoms with Crippen LogP contribution in [0.2, 0.25) is 0 Å². The molecule has 66 valence electrons. The van der Waals surface area contributed by atoms with Gasteiger partial charge in [-0.05, 0) is 17.9 Å². The van der Waals surface area contributed by atoms with Crippen LogP contribution >= 0.6 is 11.3 Å². The smallest absolute Gasteiger partial charge is 0.0481 e. The van der Waals surface area contributed by atoms with Gasteiger partial charge in [0, 0.05) is 22.9 Å². The van der Waals surface area contributed by atoms with Crippen molar-refractivity contribution < 1.29 is 0 Å². The predicted octanol–water partition coefficient (Wildman–Crippen LogP) is 2.81. The van der Waals surface area contributed by atoms with Gasteiger partial charge in [0.2, 0.25) is 0 Å². The number of nitrogens with one attached hydrogen (secondary N) is 1. The lowest BCUT2D eigenvalue weighted by Gasteiger charge is -2.47. The predicted molar refractivity (Wildman–Crippen MR) is 53.5 cm³/mol. The highest BCUT2D eigenvalue weighted by atomic mass is 32.1. The second-order valence-corrected chi connectivity index (χ2v) is 4.82. The highest BCUT2D eigenvalue weighted by molar-refractivity contribution is 7.10. The van der Waals surface area contributed by atoms with Crippen molar-refractivity contribution in [2.24, 2.45) is 5.41 Å². The number of hydrogen-bond donors (Lipinski definition) is 1. The van der Waals surface area contributed by atoms with Crippen LogP contribution < -0.4 is 5.32 Å². The molecule has 0 aromatic carbocycles. The second kappa shape index (κ2) is 2.86. The topological polar surface area (TPSA) is 12.0 Å². The zero-order chi connectivity index (χ0) is 8.60. The van der Waals surface area contributed by atoms with Gasteiger partial charge in [-0.25, -0.2) is 0 Å². The van der Waals surface area contributed by atoms with Crippen LogP contribution in [0.15, 0.2) is 17.5 Å². The number of thiophene rings is 1. The molecule has 1 N–H and O–H groups in total. The van der Waals surface area contributed by atoms with E-state index in [2.05, 4.69) is 36.7 Å². The van der Waals surface area contributed by atoms with E-state index in [0.29, 0.717) is 11.5 Å². The van der Waals surface area contributed by atoms with E-state index >= 15 is 0 Å². The van der Waals surface area contributed by atoms with Gasteiger partial charge in [-0.1, -0.05) is 19.9 Å². The Morgan fingerprint density at radius 2 is 2.58 bits per heavy atom. The average molecular weight is 181 g/mol. The van der Waals surface area contributed by atoms with Crippen LogP contribution in [0, 0.1) is 5.41 Å². The molecule has 0 aliphatic carbocycles. The van der Waals surface area contributed by atoms with Crippen LogP contribution in [0.5, 0.6) is 0 Å². The molecule has 1 aromatic rings. The van der Waals surface area contributed by atoms with Crippen LogP contribution in [-0.2, 0) is 0 Å². The Morgan fingerprint density at radius 1 is 1.75 bits per heavy atom. The van der Waals surface area contributed by atoms with E-state index in [4.69, 9.17) is 0 Å². The van der Waals surface area contributed by atoms with Crippen LogP contribution in [0.4, 0.5) is 0 Å². The van der Waals surface area contributed by atoms with E-state index in [1.54, 1.807) is 0 Å². The summed E-state index contributed by atoms with van der Waals surface area (Å²) in [5.41, 5.74) is 0.505. The zero-order valence-electron chi connectivity index (χ0n) is 7.63. The molecule has 2 heterocycles. The third kappa shape index (κ3) is 1.10. The molecular formula is C10H15NS. The molecule has 0 spiro atoms. The summed E-state index contributed by atoms with van der Waals surface area (Å²) in [6.45, 7) is 5.82. The first-order valence-electron chi connectivity index (χ1n) is 4.53. The van der Waals surface area contributed by atoms with Crippen molar-refractivity contribution in [3.05, 3.63) is 22.4 Å². The van der Waals surface area contributed by atoms with Crippen LogP contribution in [0.25, 0.3) is 0 Å². The molecular weight excluding hydrogens is 166 g/mol. The fourth-order valence-electron chi connectivity index (χ4n) is 1.78. The van der Waals surface area contributed by atoms with Gasteiger partial charge < -0.3 is 5.32 Å². The Hall–Kier alpha value is -0.340. The van der Waals surface area contributed by atoms with Crippen molar-refractivity contribution in [1.29, 1.82) is 0 Å². The second-order valence-electron chi connectivity index (χ2n) is 3.84. The Kier molecular flexibility index (Phi) is 1.97. The fourth-order valence-corrected chi connectivity index (χ4v) is 2.76. The fraction of sp³-hybridized carbons (Fsp3) is 0.600. The van der Waals surface area contributed by atoms with Crippen LogP contribution in [0.1, 0.15) is 31.2 Å². The van der Waals surface area contributed by atoms with Crippen LogP contribution in [-0.4, -0.2) is 6.54 Å². The lowest BCUT2D eigenvalue weighted by molar-refractivity contribution is 0.102. The van der Waals surface area contributed by atoms with E-state index in [1.165, 1.54) is 17.8 Å². The normalized spacial score (nSPS) is 34.7. The first kappa shape index (κ1) is 8.27. The number of rotatable bonds is 2. The van der Waals surface area contributed by atoms with Gasteiger partial charge in [-0.15, -0.1) is 11.3 Å². The molecule has 0 saturated carbocycles. The van der Waals surface area contributed by atoms with Crippen molar-refractivity contribution in [3.63, 3.8) is 0 Å². The first-order chi connectivity index (χ1) is 5.76. The van der Waals surface area contributed by atoms with Crippen molar-refractivity contribution in [1.82, 2.24) is 5.32 Å². The maximum absolute atomic E-state index is 3.50. The first-order valence-corrected chi connectivity index (χ1v) is 5.41. The average Bonchev–Trinajstić information content (AvgIpc) is 2.54. The monoisotopic (exact) mass is 181 g/mol. The van der Waals surface area contributed by atoms with Gasteiger partial charge in [0.1, 0.15) is 0 Å². The van der Waals surface area contributed by atoms with Crippen molar-refractivity contribution in [2.75, 3.05) is 6.54 Å². The summed E-state index contributed by atoms with van der Waals surface area (Å²) < 4.78 is 0. The van der Waals surface area contributed by atoms with Gasteiger partial charge in [0.15, 0.2) is 0 Å². The van der Waals surface area contributed by atoms with E-state index in [-0.39, 0.29) is 0 Å². The highest BCUT2D eigenvalue weighted by Crippen LogP contribution is 2.44. The summed E-state index contributed by atoms with van der Waals surface area (Å²) in [5.74, 6) is 0. The highest BCUT2D eigenvalue weighted by Gasteiger charge is 2.41. The lowest BCUT2D eigenvalue weighted by Crippen LogP contribution is -2.53. The molecule has 1 fully saturated rings. The van der Waals surface area contributed by atoms with Crippen molar-refractivity contribution >= 4 is 11.3 Å². The van der Waals surface area contributed by atoms with Gasteiger partial charge >= 0.3 is 0 Å². The molecule has 2 unspecified atom stereocenters. The molecule has 1 aliphatic rings. The summed E-state index contributed by atoms with van der Waals surface area (Å²) in [7, 11) is 0. The molecule has 2 heteroatoms. The van der Waals surface area contributed by atoms with Crippen LogP contribution in [0.3, 0.4) is 0 Å². The minimum atomic E-state index is 0.505. The number of hydrogen-bond acceptors (Lipinski definition) is 2. The summed E-state index contributed by atoms with van der Waals surface area (Å²) in [6.07, 6.45) is 1.27. The van der Waals surface area contributed by atoms with Gasteiger partial charge in [-0.2, -0.15) is 0 Å². The molecule has 0 bridgehead atoms. The molecule has 1 aliphatic heterocycles. The summed E-state index contributed by atoms with van der Waals surface area (Å²) in [6, 6.07) is 4.98. The standard InChI is InChI=1S/C10H15NS/c1-3-10(2)7-11-9(10)8-5-4-6-12-8/h4-6,9,11H,3,7H2,1-2H3.